The largest absolute Gasteiger partial charge is 0.461 e. The first-order valence-corrected chi connectivity index (χ1v) is 10.3. The SMILES string of the molecule is CC1CCC2C(CCC3CC(OC(=O)C(N)C(C)C)CCC32C)C1. The summed E-state index contributed by atoms with van der Waals surface area (Å²) < 4.78 is 5.80. The number of nitrogens with two attached hydrogens (primary N) is 1. The highest BCUT2D eigenvalue weighted by Crippen LogP contribution is 2.59. The minimum Gasteiger partial charge on any atom is -0.461 e. The predicted molar refractivity (Wildman–Crippen MR) is 97.4 cm³/mol. The van der Waals surface area contributed by atoms with Crippen molar-refractivity contribution in [1.82, 2.24) is 0 Å². The maximum atomic E-state index is 12.2. The van der Waals surface area contributed by atoms with E-state index < -0.39 is 6.04 Å². The number of ether oxygens (including phenoxy) is 1. The molecular weight excluding hydrogens is 298 g/mol. The summed E-state index contributed by atoms with van der Waals surface area (Å²) in [7, 11) is 0. The molecule has 3 nitrogen and oxygen atoms in total. The van der Waals surface area contributed by atoms with Crippen molar-refractivity contribution >= 4 is 5.97 Å². The molecule has 0 aromatic heterocycles. The van der Waals surface area contributed by atoms with Crippen LogP contribution in [-0.2, 0) is 9.53 Å². The molecule has 3 aliphatic rings. The van der Waals surface area contributed by atoms with E-state index in [1.165, 1.54) is 38.5 Å². The van der Waals surface area contributed by atoms with Crippen LogP contribution >= 0.6 is 0 Å². The molecule has 0 radical (unpaired) electrons. The minimum atomic E-state index is -0.478. The highest BCUT2D eigenvalue weighted by molar-refractivity contribution is 5.75. The second-order valence-corrected chi connectivity index (χ2v) is 9.67. The molecule has 3 saturated carbocycles. The Balaban J connectivity index is 1.62. The summed E-state index contributed by atoms with van der Waals surface area (Å²) in [6, 6.07) is -0.478. The van der Waals surface area contributed by atoms with E-state index in [1.54, 1.807) is 0 Å². The minimum absolute atomic E-state index is 0.0967. The zero-order valence-electron chi connectivity index (χ0n) is 16.1. The molecular formula is C21H37NO2. The maximum Gasteiger partial charge on any atom is 0.323 e. The van der Waals surface area contributed by atoms with Crippen molar-refractivity contribution in [2.24, 2.45) is 40.7 Å². The molecule has 0 spiro atoms. The predicted octanol–water partition coefficient (Wildman–Crippen LogP) is 4.53. The van der Waals surface area contributed by atoms with Gasteiger partial charge in [-0.25, -0.2) is 0 Å². The molecule has 2 N–H and O–H groups in total. The molecule has 3 heteroatoms. The summed E-state index contributed by atoms with van der Waals surface area (Å²) >= 11 is 0. The molecule has 0 aromatic rings. The number of hydrogen-bond acceptors (Lipinski definition) is 3. The highest BCUT2D eigenvalue weighted by Gasteiger charge is 2.52. The Kier molecular flexibility index (Phi) is 5.30. The van der Waals surface area contributed by atoms with Crippen LogP contribution < -0.4 is 5.73 Å². The van der Waals surface area contributed by atoms with Crippen LogP contribution in [0, 0.1) is 35.0 Å². The van der Waals surface area contributed by atoms with Gasteiger partial charge in [0.2, 0.25) is 0 Å². The van der Waals surface area contributed by atoms with Gasteiger partial charge in [0.15, 0.2) is 0 Å². The standard InChI is InChI=1S/C21H37NO2/c1-13(2)19(22)20(23)24-17-9-10-21(4)16(12-17)7-6-15-11-14(3)5-8-18(15)21/h13-19H,5-12,22H2,1-4H3. The van der Waals surface area contributed by atoms with Gasteiger partial charge in [-0.05, 0) is 80.0 Å². The van der Waals surface area contributed by atoms with Crippen LogP contribution in [0.15, 0.2) is 0 Å². The number of carbonyl (C=O) groups is 1. The normalized spacial score (nSPS) is 43.7. The zero-order valence-corrected chi connectivity index (χ0v) is 16.1. The number of rotatable bonds is 3. The molecule has 0 heterocycles. The first-order chi connectivity index (χ1) is 11.3. The molecule has 3 rings (SSSR count). The van der Waals surface area contributed by atoms with Crippen molar-refractivity contribution < 1.29 is 9.53 Å². The average molecular weight is 336 g/mol. The van der Waals surface area contributed by atoms with Crippen molar-refractivity contribution in [2.45, 2.75) is 91.2 Å². The van der Waals surface area contributed by atoms with Gasteiger partial charge in [-0.1, -0.05) is 34.1 Å². The lowest BCUT2D eigenvalue weighted by molar-refractivity contribution is -0.160. The van der Waals surface area contributed by atoms with Crippen LogP contribution in [0.25, 0.3) is 0 Å². The lowest BCUT2D eigenvalue weighted by atomic mass is 9.49. The molecule has 3 aliphatic carbocycles. The molecule has 0 saturated heterocycles. The van der Waals surface area contributed by atoms with E-state index in [2.05, 4.69) is 13.8 Å². The van der Waals surface area contributed by atoms with E-state index in [0.717, 1.165) is 36.5 Å². The Bertz CT molecular complexity index is 463. The topological polar surface area (TPSA) is 52.3 Å². The Labute approximate surface area is 148 Å². The fraction of sp³-hybridized carbons (Fsp3) is 0.952. The summed E-state index contributed by atoms with van der Waals surface area (Å²) in [5.74, 6) is 3.45. The second kappa shape index (κ2) is 6.97. The first-order valence-electron chi connectivity index (χ1n) is 10.3. The summed E-state index contributed by atoms with van der Waals surface area (Å²) in [5.41, 5.74) is 6.44. The number of fused-ring (bicyclic) bond motifs is 3. The Morgan fingerprint density at radius 3 is 2.58 bits per heavy atom. The van der Waals surface area contributed by atoms with Crippen LogP contribution in [0.5, 0.6) is 0 Å². The lowest BCUT2D eigenvalue weighted by Gasteiger charge is -2.57. The monoisotopic (exact) mass is 335 g/mol. The van der Waals surface area contributed by atoms with Gasteiger partial charge in [-0.2, -0.15) is 0 Å². The Morgan fingerprint density at radius 1 is 1.12 bits per heavy atom. The summed E-state index contributed by atoms with van der Waals surface area (Å²) in [4.78, 5) is 12.2. The Morgan fingerprint density at radius 2 is 1.88 bits per heavy atom. The van der Waals surface area contributed by atoms with E-state index in [0.29, 0.717) is 5.41 Å². The molecule has 0 aromatic carbocycles. The first kappa shape index (κ1) is 18.2. The molecule has 7 unspecified atom stereocenters. The smallest absolute Gasteiger partial charge is 0.323 e. The van der Waals surface area contributed by atoms with E-state index in [-0.39, 0.29) is 18.0 Å². The van der Waals surface area contributed by atoms with Crippen LogP contribution in [0.4, 0.5) is 0 Å². The van der Waals surface area contributed by atoms with Crippen molar-refractivity contribution in [3.63, 3.8) is 0 Å². The van der Waals surface area contributed by atoms with E-state index >= 15 is 0 Å². The van der Waals surface area contributed by atoms with Crippen molar-refractivity contribution in [1.29, 1.82) is 0 Å². The van der Waals surface area contributed by atoms with Gasteiger partial charge >= 0.3 is 5.97 Å². The zero-order chi connectivity index (χ0) is 17.5. The van der Waals surface area contributed by atoms with Crippen LogP contribution in [0.3, 0.4) is 0 Å². The molecule has 0 bridgehead atoms. The van der Waals surface area contributed by atoms with Crippen molar-refractivity contribution in [3.8, 4) is 0 Å². The fourth-order valence-electron chi connectivity index (χ4n) is 6.04. The van der Waals surface area contributed by atoms with Gasteiger partial charge in [0, 0.05) is 0 Å². The number of hydrogen-bond donors (Lipinski definition) is 1. The molecule has 3 fully saturated rings. The van der Waals surface area contributed by atoms with E-state index in [9.17, 15) is 4.79 Å². The summed E-state index contributed by atoms with van der Waals surface area (Å²) in [5, 5.41) is 0. The second-order valence-electron chi connectivity index (χ2n) is 9.67. The van der Waals surface area contributed by atoms with Gasteiger partial charge in [0.1, 0.15) is 12.1 Å². The van der Waals surface area contributed by atoms with Crippen molar-refractivity contribution in [3.05, 3.63) is 0 Å². The third-order valence-corrected chi connectivity index (χ3v) is 7.74. The molecule has 7 atom stereocenters. The van der Waals surface area contributed by atoms with Gasteiger partial charge in [0.25, 0.3) is 0 Å². The van der Waals surface area contributed by atoms with Gasteiger partial charge in [-0.15, -0.1) is 0 Å². The van der Waals surface area contributed by atoms with Crippen LogP contribution in [-0.4, -0.2) is 18.1 Å². The van der Waals surface area contributed by atoms with Crippen molar-refractivity contribution in [2.75, 3.05) is 0 Å². The van der Waals surface area contributed by atoms with Gasteiger partial charge in [0.05, 0.1) is 0 Å². The number of esters is 1. The molecule has 0 amide bonds. The van der Waals surface area contributed by atoms with Gasteiger partial charge < -0.3 is 10.5 Å². The lowest BCUT2D eigenvalue weighted by Crippen LogP contribution is -2.50. The molecule has 138 valence electrons. The number of carbonyl (C=O) groups excluding carboxylic acids is 1. The van der Waals surface area contributed by atoms with Crippen LogP contribution in [0.2, 0.25) is 0 Å². The molecule has 24 heavy (non-hydrogen) atoms. The fourth-order valence-corrected chi connectivity index (χ4v) is 6.04. The third kappa shape index (κ3) is 3.38. The third-order valence-electron chi connectivity index (χ3n) is 7.74. The summed E-state index contributed by atoms with van der Waals surface area (Å²) in [6.07, 6.45) is 10.4. The average Bonchev–Trinajstić information content (AvgIpc) is 2.54. The van der Waals surface area contributed by atoms with E-state index in [1.807, 2.05) is 13.8 Å². The van der Waals surface area contributed by atoms with Gasteiger partial charge in [-0.3, -0.25) is 4.79 Å². The van der Waals surface area contributed by atoms with E-state index in [4.69, 9.17) is 10.5 Å². The summed E-state index contributed by atoms with van der Waals surface area (Å²) in [6.45, 7) is 8.94. The maximum absolute atomic E-state index is 12.2. The Hall–Kier alpha value is -0.570. The quantitative estimate of drug-likeness (QED) is 0.771. The highest BCUT2D eigenvalue weighted by atomic mass is 16.5. The molecule has 0 aliphatic heterocycles. The van der Waals surface area contributed by atoms with Crippen LogP contribution in [0.1, 0.15) is 79.1 Å².